The largest absolute Gasteiger partial charge is 0.490 e. The van der Waals surface area contributed by atoms with Gasteiger partial charge < -0.3 is 4.74 Å². The Bertz CT molecular complexity index is 281. The van der Waals surface area contributed by atoms with E-state index in [0.29, 0.717) is 0 Å². The first-order valence-electron chi connectivity index (χ1n) is 6.38. The van der Waals surface area contributed by atoms with E-state index >= 15 is 0 Å². The Kier molecular flexibility index (Phi) is 6.71. The van der Waals surface area contributed by atoms with Crippen molar-refractivity contribution in [1.29, 1.82) is 0 Å². The molecule has 0 unspecified atom stereocenters. The smallest absolute Gasteiger partial charge is 0.122 e. The zero-order chi connectivity index (χ0) is 11.6. The molecular formula is C15H23O. The third-order valence-corrected chi connectivity index (χ3v) is 2.93. The fourth-order valence-electron chi connectivity index (χ4n) is 1.95. The minimum Gasteiger partial charge on any atom is -0.490 e. The molecule has 0 aliphatic heterocycles. The van der Waals surface area contributed by atoms with E-state index in [0.717, 1.165) is 12.2 Å². The molecule has 0 heterocycles. The first-order chi connectivity index (χ1) is 7.88. The predicted molar refractivity (Wildman–Crippen MR) is 69.5 cm³/mol. The zero-order valence-corrected chi connectivity index (χ0v) is 10.4. The maximum atomic E-state index is 5.09. The van der Waals surface area contributed by atoms with Gasteiger partial charge in [0.2, 0.25) is 0 Å². The van der Waals surface area contributed by atoms with E-state index in [1.807, 2.05) is 12.1 Å². The molecule has 89 valence electrons. The molecule has 0 aliphatic rings. The molecular weight excluding hydrogens is 196 g/mol. The molecule has 1 aromatic rings. The molecule has 0 aliphatic carbocycles. The fourth-order valence-corrected chi connectivity index (χ4v) is 1.95. The first-order valence-corrected chi connectivity index (χ1v) is 6.38. The van der Waals surface area contributed by atoms with Gasteiger partial charge in [-0.15, -0.1) is 0 Å². The lowest BCUT2D eigenvalue weighted by Gasteiger charge is -2.07. The van der Waals surface area contributed by atoms with Crippen LogP contribution in [0.1, 0.15) is 51.0 Å². The number of unbranched alkanes of at least 4 members (excludes halogenated alkanes) is 5. The maximum absolute atomic E-state index is 5.09. The SMILES string of the molecule is [CH2]Oc1ccccc1CCCCCCCC. The number of rotatable bonds is 8. The van der Waals surface area contributed by atoms with E-state index in [2.05, 4.69) is 26.2 Å². The number of para-hydroxylation sites is 1. The third kappa shape index (κ3) is 4.69. The summed E-state index contributed by atoms with van der Waals surface area (Å²) in [6.07, 6.45) is 9.12. The molecule has 0 spiro atoms. The molecule has 0 saturated heterocycles. The van der Waals surface area contributed by atoms with E-state index in [1.165, 1.54) is 44.1 Å². The highest BCUT2D eigenvalue weighted by Gasteiger charge is 2.00. The Balaban J connectivity index is 2.21. The fraction of sp³-hybridized carbons (Fsp3) is 0.533. The molecule has 1 rings (SSSR count). The van der Waals surface area contributed by atoms with Crippen LogP contribution in [0, 0.1) is 7.11 Å². The standard InChI is InChI=1S/C15H23O/c1-3-4-5-6-7-8-11-14-12-9-10-13-15(14)16-2/h9-10,12-13H,2-8,11H2,1H3. The van der Waals surface area contributed by atoms with Gasteiger partial charge in [0.25, 0.3) is 0 Å². The molecule has 0 saturated carbocycles. The monoisotopic (exact) mass is 219 g/mol. The number of hydrogen-bond donors (Lipinski definition) is 0. The van der Waals surface area contributed by atoms with E-state index in [-0.39, 0.29) is 0 Å². The summed E-state index contributed by atoms with van der Waals surface area (Å²) in [5.41, 5.74) is 1.29. The van der Waals surface area contributed by atoms with Crippen LogP contribution in [0.25, 0.3) is 0 Å². The van der Waals surface area contributed by atoms with Crippen molar-refractivity contribution in [2.24, 2.45) is 0 Å². The Morgan fingerprint density at radius 3 is 2.44 bits per heavy atom. The number of aryl methyl sites for hydroxylation is 1. The summed E-state index contributed by atoms with van der Waals surface area (Å²) in [5.74, 6) is 0.927. The van der Waals surface area contributed by atoms with Gasteiger partial charge in [0, 0.05) is 0 Å². The summed E-state index contributed by atoms with van der Waals surface area (Å²) in [4.78, 5) is 0. The van der Waals surface area contributed by atoms with Crippen LogP contribution in [-0.4, -0.2) is 0 Å². The molecule has 0 bridgehead atoms. The van der Waals surface area contributed by atoms with Crippen LogP contribution >= 0.6 is 0 Å². The molecule has 0 fully saturated rings. The molecule has 1 radical (unpaired) electrons. The zero-order valence-electron chi connectivity index (χ0n) is 10.4. The summed E-state index contributed by atoms with van der Waals surface area (Å²) in [6.45, 7) is 2.25. The van der Waals surface area contributed by atoms with Crippen molar-refractivity contribution in [1.82, 2.24) is 0 Å². The highest BCUT2D eigenvalue weighted by molar-refractivity contribution is 5.33. The van der Waals surface area contributed by atoms with E-state index < -0.39 is 0 Å². The highest BCUT2D eigenvalue weighted by atomic mass is 16.5. The first kappa shape index (κ1) is 13.1. The number of ether oxygens (including phenoxy) is 1. The molecule has 1 heteroatoms. The molecule has 0 amide bonds. The van der Waals surface area contributed by atoms with Gasteiger partial charge >= 0.3 is 0 Å². The van der Waals surface area contributed by atoms with Gasteiger partial charge in [-0.2, -0.15) is 0 Å². The number of benzene rings is 1. The molecule has 1 nitrogen and oxygen atoms in total. The van der Waals surface area contributed by atoms with Gasteiger partial charge in [-0.3, -0.25) is 0 Å². The molecule has 1 aromatic carbocycles. The van der Waals surface area contributed by atoms with Crippen LogP contribution in [0.3, 0.4) is 0 Å². The molecule has 0 aromatic heterocycles. The minimum atomic E-state index is 0.927. The van der Waals surface area contributed by atoms with Crippen LogP contribution in [0.15, 0.2) is 24.3 Å². The van der Waals surface area contributed by atoms with Crippen LogP contribution < -0.4 is 4.74 Å². The summed E-state index contributed by atoms with van der Waals surface area (Å²) in [6, 6.07) is 8.17. The quantitative estimate of drug-likeness (QED) is 0.573. The topological polar surface area (TPSA) is 9.23 Å². The minimum absolute atomic E-state index is 0.927. The summed E-state index contributed by atoms with van der Waals surface area (Å²) in [5, 5.41) is 0. The average molecular weight is 219 g/mol. The Morgan fingerprint density at radius 1 is 1.00 bits per heavy atom. The molecule has 16 heavy (non-hydrogen) atoms. The van der Waals surface area contributed by atoms with Crippen LogP contribution in [0.4, 0.5) is 0 Å². The van der Waals surface area contributed by atoms with Crippen LogP contribution in [0.5, 0.6) is 5.75 Å². The van der Waals surface area contributed by atoms with Gasteiger partial charge in [-0.05, 0) is 24.5 Å². The number of hydrogen-bond acceptors (Lipinski definition) is 1. The lowest BCUT2D eigenvalue weighted by Crippen LogP contribution is -1.90. The maximum Gasteiger partial charge on any atom is 0.122 e. The van der Waals surface area contributed by atoms with E-state index in [9.17, 15) is 0 Å². The lowest BCUT2D eigenvalue weighted by atomic mass is 10.0. The summed E-state index contributed by atoms with van der Waals surface area (Å²) in [7, 11) is 3.49. The van der Waals surface area contributed by atoms with Crippen molar-refractivity contribution in [3.05, 3.63) is 36.9 Å². The van der Waals surface area contributed by atoms with Crippen molar-refractivity contribution in [2.45, 2.75) is 51.9 Å². The van der Waals surface area contributed by atoms with Gasteiger partial charge in [-0.1, -0.05) is 57.2 Å². The van der Waals surface area contributed by atoms with E-state index in [1.54, 1.807) is 0 Å². The normalized spacial score (nSPS) is 10.4. The highest BCUT2D eigenvalue weighted by Crippen LogP contribution is 2.20. The Hall–Kier alpha value is -0.980. The lowest BCUT2D eigenvalue weighted by molar-refractivity contribution is 0.464. The predicted octanol–water partition coefficient (Wildman–Crippen LogP) is 4.76. The second-order valence-corrected chi connectivity index (χ2v) is 4.27. The Morgan fingerprint density at radius 2 is 1.69 bits per heavy atom. The van der Waals surface area contributed by atoms with Gasteiger partial charge in [0.1, 0.15) is 12.9 Å². The second-order valence-electron chi connectivity index (χ2n) is 4.27. The van der Waals surface area contributed by atoms with Crippen molar-refractivity contribution in [2.75, 3.05) is 0 Å². The van der Waals surface area contributed by atoms with Crippen LogP contribution in [-0.2, 0) is 6.42 Å². The average Bonchev–Trinajstić information content (AvgIpc) is 2.34. The van der Waals surface area contributed by atoms with Crippen LogP contribution in [0.2, 0.25) is 0 Å². The summed E-state index contributed by atoms with van der Waals surface area (Å²) < 4.78 is 5.09. The van der Waals surface area contributed by atoms with Gasteiger partial charge in [-0.25, -0.2) is 0 Å². The van der Waals surface area contributed by atoms with Crippen molar-refractivity contribution < 1.29 is 4.74 Å². The van der Waals surface area contributed by atoms with Crippen molar-refractivity contribution in [3.8, 4) is 5.75 Å². The second kappa shape index (κ2) is 8.20. The molecule has 0 N–H and O–H groups in total. The summed E-state index contributed by atoms with van der Waals surface area (Å²) >= 11 is 0. The van der Waals surface area contributed by atoms with Gasteiger partial charge in [0.15, 0.2) is 0 Å². The van der Waals surface area contributed by atoms with Gasteiger partial charge in [0.05, 0.1) is 0 Å². The van der Waals surface area contributed by atoms with Crippen molar-refractivity contribution >= 4 is 0 Å². The molecule has 0 atom stereocenters. The van der Waals surface area contributed by atoms with E-state index in [4.69, 9.17) is 4.74 Å². The Labute approximate surface area is 99.8 Å². The third-order valence-electron chi connectivity index (χ3n) is 2.93. The van der Waals surface area contributed by atoms with Crippen molar-refractivity contribution in [3.63, 3.8) is 0 Å².